The number of nitrogens with zero attached hydrogens (tertiary/aromatic N) is 2. The number of hydrogen-bond donors (Lipinski definition) is 3. The maximum Gasteiger partial charge on any atom is 0.338 e. The van der Waals surface area contributed by atoms with E-state index in [-0.39, 0.29) is 42.8 Å². The van der Waals surface area contributed by atoms with Gasteiger partial charge in [-0.3, -0.25) is 9.59 Å². The summed E-state index contributed by atoms with van der Waals surface area (Å²) in [4.78, 5) is 49.2. The molecule has 13 heteroatoms. The predicted molar refractivity (Wildman–Crippen MR) is 157 cm³/mol. The quantitative estimate of drug-likeness (QED) is 0.165. The molecule has 13 nitrogen and oxygen atoms in total. The SMILES string of the molecule is CCOC(=O)Cn1cc(/C=N/NC(=O)COc2ccc([C@@H]3NC(=O)NC(C)=C3C(=O)OCC)cc2OC)c2ccccc21. The summed E-state index contributed by atoms with van der Waals surface area (Å²) in [6.07, 6.45) is 3.25. The van der Waals surface area contributed by atoms with Crippen LogP contribution < -0.4 is 25.5 Å². The summed E-state index contributed by atoms with van der Waals surface area (Å²) in [7, 11) is 1.43. The highest BCUT2D eigenvalue weighted by Gasteiger charge is 2.32. The molecule has 0 radical (unpaired) electrons. The minimum atomic E-state index is -0.781. The zero-order valence-electron chi connectivity index (χ0n) is 24.3. The number of fused-ring (bicyclic) bond motifs is 1. The number of nitrogens with one attached hydrogen (secondary N) is 3. The first kappa shape index (κ1) is 30.6. The molecule has 0 spiro atoms. The van der Waals surface area contributed by atoms with Gasteiger partial charge in [0.2, 0.25) is 0 Å². The van der Waals surface area contributed by atoms with E-state index in [4.69, 9.17) is 18.9 Å². The minimum Gasteiger partial charge on any atom is -0.493 e. The second kappa shape index (κ2) is 14.0. The number of hydrazone groups is 1. The summed E-state index contributed by atoms with van der Waals surface area (Å²) in [6.45, 7) is 5.22. The molecule has 0 saturated heterocycles. The van der Waals surface area contributed by atoms with Crippen LogP contribution in [0, 0.1) is 0 Å². The van der Waals surface area contributed by atoms with Gasteiger partial charge in [-0.25, -0.2) is 15.0 Å². The average Bonchev–Trinajstić information content (AvgIpc) is 3.32. The summed E-state index contributed by atoms with van der Waals surface area (Å²) in [5.41, 5.74) is 5.16. The van der Waals surface area contributed by atoms with Gasteiger partial charge in [-0.05, 0) is 44.5 Å². The number of aromatic nitrogens is 1. The van der Waals surface area contributed by atoms with Crippen LogP contribution in [0.1, 0.15) is 37.9 Å². The van der Waals surface area contributed by atoms with Crippen molar-refractivity contribution in [3.8, 4) is 11.5 Å². The molecule has 1 aliphatic rings. The van der Waals surface area contributed by atoms with Gasteiger partial charge in [0, 0.05) is 28.4 Å². The van der Waals surface area contributed by atoms with Crippen molar-refractivity contribution in [3.63, 3.8) is 0 Å². The summed E-state index contributed by atoms with van der Waals surface area (Å²) in [5.74, 6) is -0.876. The predicted octanol–water partition coefficient (Wildman–Crippen LogP) is 2.93. The van der Waals surface area contributed by atoms with E-state index in [1.807, 2.05) is 24.3 Å². The van der Waals surface area contributed by atoms with Gasteiger partial charge >= 0.3 is 18.0 Å². The number of carbonyl (C=O) groups excluding carboxylic acids is 4. The fourth-order valence-electron chi connectivity index (χ4n) is 4.61. The van der Waals surface area contributed by atoms with E-state index in [0.717, 1.165) is 10.9 Å². The largest absolute Gasteiger partial charge is 0.493 e. The molecule has 4 rings (SSSR count). The molecule has 2 aromatic carbocycles. The van der Waals surface area contributed by atoms with Gasteiger partial charge in [-0.2, -0.15) is 5.10 Å². The van der Waals surface area contributed by atoms with E-state index in [9.17, 15) is 19.2 Å². The average molecular weight is 592 g/mol. The maximum absolute atomic E-state index is 12.6. The van der Waals surface area contributed by atoms with E-state index in [0.29, 0.717) is 23.4 Å². The fraction of sp³-hybridized carbons (Fsp3) is 0.300. The van der Waals surface area contributed by atoms with Crippen molar-refractivity contribution in [2.75, 3.05) is 26.9 Å². The van der Waals surface area contributed by atoms with Crippen LogP contribution in [0.25, 0.3) is 10.9 Å². The van der Waals surface area contributed by atoms with Crippen molar-refractivity contribution in [3.05, 3.63) is 71.1 Å². The second-order valence-corrected chi connectivity index (χ2v) is 9.32. The molecule has 3 amide bonds. The highest BCUT2D eigenvalue weighted by atomic mass is 16.5. The molecule has 3 N–H and O–H groups in total. The van der Waals surface area contributed by atoms with Crippen LogP contribution in [-0.2, 0) is 30.4 Å². The molecule has 0 saturated carbocycles. The topological polar surface area (TPSA) is 159 Å². The third kappa shape index (κ3) is 7.31. The number of esters is 2. The van der Waals surface area contributed by atoms with Crippen molar-refractivity contribution < 1.29 is 38.1 Å². The standard InChI is InChI=1S/C30H33N5O8/c1-5-41-26(37)16-35-15-20(21-9-7-8-10-22(21)35)14-31-34-25(36)17-43-23-12-11-19(13-24(23)40-4)28-27(29(38)42-6-2)18(3)32-30(39)33-28/h7-15,28H,5-6,16-17H2,1-4H3,(H,34,36)(H2,32,33,39)/b31-14+/t28-/m0/s1. The molecule has 226 valence electrons. The van der Waals surface area contributed by atoms with Gasteiger partial charge in [0.05, 0.1) is 38.2 Å². The van der Waals surface area contributed by atoms with Crippen molar-refractivity contribution in [1.29, 1.82) is 0 Å². The third-order valence-corrected chi connectivity index (χ3v) is 6.46. The Morgan fingerprint density at radius 1 is 1.07 bits per heavy atom. The normalized spacial score (nSPS) is 14.7. The highest BCUT2D eigenvalue weighted by molar-refractivity contribution is 6.00. The van der Waals surface area contributed by atoms with E-state index < -0.39 is 23.9 Å². The molecule has 1 aliphatic heterocycles. The van der Waals surface area contributed by atoms with Gasteiger partial charge in [0.15, 0.2) is 18.1 Å². The molecule has 0 fully saturated rings. The first-order chi connectivity index (χ1) is 20.7. The zero-order valence-corrected chi connectivity index (χ0v) is 24.3. The first-order valence-electron chi connectivity index (χ1n) is 13.6. The summed E-state index contributed by atoms with van der Waals surface area (Å²) >= 11 is 0. The molecule has 1 atom stereocenters. The lowest BCUT2D eigenvalue weighted by molar-refractivity contribution is -0.143. The first-order valence-corrected chi connectivity index (χ1v) is 13.6. The lowest BCUT2D eigenvalue weighted by Gasteiger charge is -2.28. The Morgan fingerprint density at radius 3 is 2.58 bits per heavy atom. The Morgan fingerprint density at radius 2 is 1.84 bits per heavy atom. The Kier molecular flexibility index (Phi) is 9.99. The molecular formula is C30H33N5O8. The number of allylic oxidation sites excluding steroid dienone is 1. The van der Waals surface area contributed by atoms with Gasteiger partial charge in [0.1, 0.15) is 6.54 Å². The number of ether oxygens (including phenoxy) is 4. The Hall–Kier alpha value is -5.33. The third-order valence-electron chi connectivity index (χ3n) is 6.46. The Bertz CT molecular complexity index is 1590. The van der Waals surface area contributed by atoms with Gasteiger partial charge in [0.25, 0.3) is 5.91 Å². The summed E-state index contributed by atoms with van der Waals surface area (Å²) < 4.78 is 23.1. The monoisotopic (exact) mass is 591 g/mol. The Balaban J connectivity index is 1.42. The fourth-order valence-corrected chi connectivity index (χ4v) is 4.61. The number of carbonyl (C=O) groups is 4. The van der Waals surface area contributed by atoms with Crippen LogP contribution in [-0.4, -0.2) is 61.6 Å². The minimum absolute atomic E-state index is 0.0487. The molecule has 3 aromatic rings. The molecule has 2 heterocycles. The van der Waals surface area contributed by atoms with Gasteiger partial charge in [-0.1, -0.05) is 24.3 Å². The van der Waals surface area contributed by atoms with E-state index in [2.05, 4.69) is 21.2 Å². The number of para-hydroxylation sites is 1. The molecule has 0 unspecified atom stereocenters. The molecule has 0 aliphatic carbocycles. The van der Waals surface area contributed by atoms with Gasteiger partial charge < -0.3 is 34.1 Å². The summed E-state index contributed by atoms with van der Waals surface area (Å²) in [5, 5.41) is 10.2. The van der Waals surface area contributed by atoms with Crippen molar-refractivity contribution >= 4 is 41.0 Å². The smallest absolute Gasteiger partial charge is 0.338 e. The Labute approximate surface area is 247 Å². The zero-order chi connectivity index (χ0) is 30.9. The van der Waals surface area contributed by atoms with Crippen LogP contribution in [0.4, 0.5) is 4.79 Å². The maximum atomic E-state index is 12.6. The number of amides is 3. The molecule has 1 aromatic heterocycles. The lowest BCUT2D eigenvalue weighted by atomic mass is 9.95. The highest BCUT2D eigenvalue weighted by Crippen LogP contribution is 2.34. The van der Waals surface area contributed by atoms with E-state index in [1.54, 1.807) is 49.7 Å². The summed E-state index contributed by atoms with van der Waals surface area (Å²) in [6, 6.07) is 11.1. The molecule has 43 heavy (non-hydrogen) atoms. The van der Waals surface area contributed by atoms with Crippen LogP contribution in [0.5, 0.6) is 11.5 Å². The van der Waals surface area contributed by atoms with Crippen LogP contribution >= 0.6 is 0 Å². The molecule has 0 bridgehead atoms. The number of benzene rings is 2. The number of hydrogen-bond acceptors (Lipinski definition) is 9. The number of urea groups is 1. The van der Waals surface area contributed by atoms with Crippen molar-refractivity contribution in [2.45, 2.75) is 33.4 Å². The van der Waals surface area contributed by atoms with Crippen LogP contribution in [0.3, 0.4) is 0 Å². The van der Waals surface area contributed by atoms with E-state index in [1.165, 1.54) is 13.3 Å². The van der Waals surface area contributed by atoms with Crippen molar-refractivity contribution in [2.24, 2.45) is 5.10 Å². The van der Waals surface area contributed by atoms with E-state index >= 15 is 0 Å². The van der Waals surface area contributed by atoms with Crippen LogP contribution in [0.2, 0.25) is 0 Å². The van der Waals surface area contributed by atoms with Gasteiger partial charge in [-0.15, -0.1) is 0 Å². The molecular weight excluding hydrogens is 558 g/mol. The number of rotatable bonds is 12. The lowest BCUT2D eigenvalue weighted by Crippen LogP contribution is -2.45. The van der Waals surface area contributed by atoms with Crippen LogP contribution in [0.15, 0.2) is 65.0 Å². The second-order valence-electron chi connectivity index (χ2n) is 9.32. The van der Waals surface area contributed by atoms with Crippen molar-refractivity contribution in [1.82, 2.24) is 20.6 Å². The number of methoxy groups -OCH3 is 1.